The molecule has 0 fully saturated rings. The van der Waals surface area contributed by atoms with E-state index in [1.807, 2.05) is 6.92 Å². The number of hydrogen-bond donors (Lipinski definition) is 1. The van der Waals surface area contributed by atoms with E-state index in [0.29, 0.717) is 17.7 Å². The number of alkyl carbamates (subject to hydrolysis) is 1. The molecule has 0 spiro atoms. The van der Waals surface area contributed by atoms with Gasteiger partial charge >= 0.3 is 11.8 Å². The maximum atomic E-state index is 14.5. The zero-order valence-corrected chi connectivity index (χ0v) is 17.5. The first-order chi connectivity index (χ1) is 13.6. The summed E-state index contributed by atoms with van der Waals surface area (Å²) in [6, 6.07) is 2.78. The number of aromatic nitrogens is 4. The average Bonchev–Trinajstić information content (AvgIpc) is 2.95. The lowest BCUT2D eigenvalue weighted by Gasteiger charge is -2.19. The fourth-order valence-corrected chi connectivity index (χ4v) is 2.52. The van der Waals surface area contributed by atoms with Crippen molar-refractivity contribution in [3.8, 4) is 11.4 Å². The topological polar surface area (TPSA) is 100 Å². The maximum Gasteiger partial charge on any atom is 0.407 e. The van der Waals surface area contributed by atoms with Crippen LogP contribution in [-0.2, 0) is 18.2 Å². The lowest BCUT2D eigenvalue weighted by atomic mass is 10.1. The van der Waals surface area contributed by atoms with Crippen molar-refractivity contribution >= 4 is 6.09 Å². The number of rotatable bonds is 8. The number of hydrogen-bond acceptors (Lipinski definition) is 6. The second kappa shape index (κ2) is 9.53. The van der Waals surface area contributed by atoms with E-state index in [4.69, 9.17) is 9.47 Å². The molecule has 1 aromatic heterocycles. The number of halogens is 1. The van der Waals surface area contributed by atoms with E-state index in [1.54, 1.807) is 26.8 Å². The van der Waals surface area contributed by atoms with Crippen molar-refractivity contribution in [2.75, 3.05) is 13.2 Å². The molecule has 0 bridgehead atoms. The Kier molecular flexibility index (Phi) is 7.35. The Morgan fingerprint density at radius 1 is 1.28 bits per heavy atom. The molecule has 0 aliphatic carbocycles. The van der Waals surface area contributed by atoms with Gasteiger partial charge in [-0.15, -0.1) is 0 Å². The summed E-state index contributed by atoms with van der Waals surface area (Å²) in [7, 11) is 1.47. The lowest BCUT2D eigenvalue weighted by molar-refractivity contribution is 0.0520. The predicted octanol–water partition coefficient (Wildman–Crippen LogP) is 2.35. The maximum absolute atomic E-state index is 14.5. The van der Waals surface area contributed by atoms with Gasteiger partial charge in [-0.3, -0.25) is 0 Å². The van der Waals surface area contributed by atoms with Gasteiger partial charge in [0.25, 0.3) is 0 Å². The minimum atomic E-state index is -0.608. The number of benzene rings is 1. The molecule has 0 saturated heterocycles. The number of nitrogens with one attached hydrogen (secondary N) is 1. The third-order valence-electron chi connectivity index (χ3n) is 3.91. The van der Waals surface area contributed by atoms with Crippen molar-refractivity contribution in [1.29, 1.82) is 0 Å². The Balaban J connectivity index is 2.17. The van der Waals surface area contributed by atoms with Crippen LogP contribution in [0.25, 0.3) is 5.69 Å². The largest absolute Gasteiger partial charge is 0.489 e. The van der Waals surface area contributed by atoms with E-state index in [2.05, 4.69) is 15.7 Å². The Morgan fingerprint density at radius 2 is 2.00 bits per heavy atom. The lowest BCUT2D eigenvalue weighted by Crippen LogP contribution is -2.34. The van der Waals surface area contributed by atoms with E-state index in [1.165, 1.54) is 13.1 Å². The summed E-state index contributed by atoms with van der Waals surface area (Å²) in [6.45, 7) is 7.49. The molecule has 0 saturated carbocycles. The molecule has 2 aromatic rings. The normalized spacial score (nSPS) is 11.4. The van der Waals surface area contributed by atoms with E-state index in [0.717, 1.165) is 22.2 Å². The van der Waals surface area contributed by atoms with Crippen LogP contribution in [0.3, 0.4) is 0 Å². The van der Waals surface area contributed by atoms with Crippen molar-refractivity contribution in [3.63, 3.8) is 0 Å². The number of ether oxygens (including phenoxy) is 2. The minimum Gasteiger partial charge on any atom is -0.489 e. The fourth-order valence-electron chi connectivity index (χ4n) is 2.52. The van der Waals surface area contributed by atoms with Gasteiger partial charge in [0.15, 0.2) is 0 Å². The average molecular weight is 409 g/mol. The molecular weight excluding hydrogens is 381 g/mol. The molecule has 0 atom stereocenters. The van der Waals surface area contributed by atoms with Gasteiger partial charge < -0.3 is 14.8 Å². The van der Waals surface area contributed by atoms with Crippen LogP contribution < -0.4 is 15.7 Å². The molecule has 1 aromatic carbocycles. The van der Waals surface area contributed by atoms with Gasteiger partial charge in [-0.1, -0.05) is 13.3 Å². The highest BCUT2D eigenvalue weighted by Crippen LogP contribution is 2.26. The predicted molar refractivity (Wildman–Crippen MR) is 105 cm³/mol. The number of amides is 1. The molecule has 0 unspecified atom stereocenters. The molecule has 1 N–H and O–H groups in total. The summed E-state index contributed by atoms with van der Waals surface area (Å²) in [4.78, 5) is 24.0. The van der Waals surface area contributed by atoms with Gasteiger partial charge in [0, 0.05) is 13.1 Å². The van der Waals surface area contributed by atoms with Gasteiger partial charge in [0.2, 0.25) is 0 Å². The van der Waals surface area contributed by atoms with E-state index in [9.17, 15) is 14.0 Å². The third-order valence-corrected chi connectivity index (χ3v) is 3.91. The quantitative estimate of drug-likeness (QED) is 0.672. The number of nitrogens with zero attached hydrogens (tertiary/aromatic N) is 4. The first kappa shape index (κ1) is 22.4. The summed E-state index contributed by atoms with van der Waals surface area (Å²) in [5.41, 5.74) is -0.316. The van der Waals surface area contributed by atoms with E-state index in [-0.39, 0.29) is 18.9 Å². The zero-order valence-electron chi connectivity index (χ0n) is 17.5. The van der Waals surface area contributed by atoms with Gasteiger partial charge in [-0.2, -0.15) is 9.36 Å². The Labute approximate surface area is 168 Å². The summed E-state index contributed by atoms with van der Waals surface area (Å²) in [5, 5.41) is 10.1. The van der Waals surface area contributed by atoms with Crippen LogP contribution in [0.1, 0.15) is 46.1 Å². The first-order valence-electron chi connectivity index (χ1n) is 9.54. The van der Waals surface area contributed by atoms with E-state index < -0.39 is 23.2 Å². The second-order valence-electron chi connectivity index (χ2n) is 7.59. The third kappa shape index (κ3) is 6.30. The minimum absolute atomic E-state index is 0.0506. The highest BCUT2D eigenvalue weighted by Gasteiger charge is 2.18. The van der Waals surface area contributed by atoms with Crippen molar-refractivity contribution in [3.05, 3.63) is 34.0 Å². The molecule has 29 heavy (non-hydrogen) atoms. The van der Waals surface area contributed by atoms with Gasteiger partial charge in [0.1, 0.15) is 29.5 Å². The highest BCUT2D eigenvalue weighted by molar-refractivity contribution is 5.67. The van der Waals surface area contributed by atoms with Crippen LogP contribution in [0, 0.1) is 5.82 Å². The molecule has 10 heteroatoms. The second-order valence-corrected chi connectivity index (χ2v) is 7.59. The molecule has 0 aliphatic heterocycles. The van der Waals surface area contributed by atoms with Crippen molar-refractivity contribution in [1.82, 2.24) is 25.1 Å². The highest BCUT2D eigenvalue weighted by atomic mass is 19.1. The number of aryl methyl sites for hydroxylation is 2. The molecule has 1 amide bonds. The van der Waals surface area contributed by atoms with Gasteiger partial charge in [-0.25, -0.2) is 14.0 Å². The SMILES string of the molecule is CCCCc1cc(-n2nnn(C)c2=O)c(OCCNC(=O)OC(C)(C)C)cc1F. The van der Waals surface area contributed by atoms with Gasteiger partial charge in [-0.05, 0) is 55.7 Å². The Morgan fingerprint density at radius 3 is 2.59 bits per heavy atom. The Bertz CT molecular complexity index is 901. The van der Waals surface area contributed by atoms with Crippen LogP contribution in [-0.4, -0.2) is 44.6 Å². The van der Waals surface area contributed by atoms with Crippen LogP contribution in [0.2, 0.25) is 0 Å². The number of carbonyl (C=O) groups is 1. The van der Waals surface area contributed by atoms with E-state index >= 15 is 0 Å². The molecule has 0 radical (unpaired) electrons. The molecule has 160 valence electrons. The number of tetrazole rings is 1. The number of carbonyl (C=O) groups excluding carboxylic acids is 1. The monoisotopic (exact) mass is 409 g/mol. The first-order valence-corrected chi connectivity index (χ1v) is 9.54. The summed E-state index contributed by atoms with van der Waals surface area (Å²) in [5.74, 6) is -0.287. The molecule has 0 aliphatic rings. The summed E-state index contributed by atoms with van der Waals surface area (Å²) in [6.07, 6.45) is 1.68. The molecule has 1 heterocycles. The smallest absolute Gasteiger partial charge is 0.407 e. The fraction of sp³-hybridized carbons (Fsp3) is 0.579. The Hall–Kier alpha value is -2.91. The van der Waals surface area contributed by atoms with Crippen LogP contribution in [0.15, 0.2) is 16.9 Å². The van der Waals surface area contributed by atoms with Crippen LogP contribution >= 0.6 is 0 Å². The van der Waals surface area contributed by atoms with Crippen molar-refractivity contribution in [2.45, 2.75) is 52.6 Å². The van der Waals surface area contributed by atoms with Crippen molar-refractivity contribution < 1.29 is 18.7 Å². The standard InChI is InChI=1S/C19H28FN5O4/c1-6-7-8-13-11-15(25-18(27)24(5)22-23-25)16(12-14(13)20)28-10-9-21-17(26)29-19(2,3)4/h11-12H,6-10H2,1-5H3,(H,21,26). The summed E-state index contributed by atoms with van der Waals surface area (Å²) >= 11 is 0. The van der Waals surface area contributed by atoms with Crippen molar-refractivity contribution in [2.24, 2.45) is 7.05 Å². The zero-order chi connectivity index (χ0) is 21.6. The summed E-state index contributed by atoms with van der Waals surface area (Å²) < 4.78 is 27.4. The van der Waals surface area contributed by atoms with Crippen LogP contribution in [0.4, 0.5) is 9.18 Å². The number of unbranched alkanes of at least 4 members (excludes halogenated alkanes) is 1. The molecule has 2 rings (SSSR count). The van der Waals surface area contributed by atoms with Gasteiger partial charge in [0.05, 0.1) is 6.54 Å². The molecule has 9 nitrogen and oxygen atoms in total. The van der Waals surface area contributed by atoms with Crippen LogP contribution in [0.5, 0.6) is 5.75 Å². The molecular formula is C19H28FN5O4.